The van der Waals surface area contributed by atoms with Crippen molar-refractivity contribution in [2.75, 3.05) is 6.54 Å². The van der Waals surface area contributed by atoms with E-state index in [0.717, 1.165) is 12.8 Å². The average Bonchev–Trinajstić information content (AvgIpc) is 1.98. The first-order valence-corrected chi connectivity index (χ1v) is 4.31. The molecule has 2 N–H and O–H groups in total. The van der Waals surface area contributed by atoms with E-state index in [1.165, 1.54) is 6.42 Å². The second kappa shape index (κ2) is 4.66. The molecule has 0 heterocycles. The van der Waals surface area contributed by atoms with Crippen LogP contribution in [0.2, 0.25) is 0 Å². The lowest BCUT2D eigenvalue weighted by Gasteiger charge is -2.26. The Hall–Kier alpha value is -1.17. The highest BCUT2D eigenvalue weighted by molar-refractivity contribution is 5.74. The predicted molar refractivity (Wildman–Crippen MR) is 47.6 cm³/mol. The van der Waals surface area contributed by atoms with Crippen molar-refractivity contribution in [1.82, 2.24) is 10.6 Å². The topological polar surface area (TPSA) is 41.1 Å². The van der Waals surface area contributed by atoms with Crippen molar-refractivity contribution in [2.24, 2.45) is 0 Å². The molecule has 0 spiro atoms. The quantitative estimate of drug-likeness (QED) is 0.474. The van der Waals surface area contributed by atoms with E-state index in [0.29, 0.717) is 19.0 Å². The molecule has 3 nitrogen and oxygen atoms in total. The molecular formula is C9H14N2O. The average molecular weight is 166 g/mol. The SMILES string of the molecule is C#CCCNC(=O)NC1CCC1. The van der Waals surface area contributed by atoms with Gasteiger partial charge in [0, 0.05) is 19.0 Å². The zero-order valence-corrected chi connectivity index (χ0v) is 7.10. The second-order valence-corrected chi connectivity index (χ2v) is 2.98. The van der Waals surface area contributed by atoms with Crippen LogP contribution >= 0.6 is 0 Å². The van der Waals surface area contributed by atoms with Gasteiger partial charge in [0.05, 0.1) is 0 Å². The number of carbonyl (C=O) groups is 1. The monoisotopic (exact) mass is 166 g/mol. The van der Waals surface area contributed by atoms with Gasteiger partial charge in [-0.15, -0.1) is 12.3 Å². The molecule has 66 valence electrons. The van der Waals surface area contributed by atoms with Crippen LogP contribution in [-0.2, 0) is 0 Å². The summed E-state index contributed by atoms with van der Waals surface area (Å²) in [7, 11) is 0. The summed E-state index contributed by atoms with van der Waals surface area (Å²) in [4.78, 5) is 11.0. The summed E-state index contributed by atoms with van der Waals surface area (Å²) in [5, 5.41) is 5.55. The molecule has 1 rings (SSSR count). The third-order valence-corrected chi connectivity index (χ3v) is 2.00. The van der Waals surface area contributed by atoms with E-state index in [1.54, 1.807) is 0 Å². The molecule has 1 aliphatic rings. The zero-order chi connectivity index (χ0) is 8.81. The molecule has 3 heteroatoms. The molecular weight excluding hydrogens is 152 g/mol. The summed E-state index contributed by atoms with van der Waals surface area (Å²) < 4.78 is 0. The third-order valence-electron chi connectivity index (χ3n) is 2.00. The van der Waals surface area contributed by atoms with Gasteiger partial charge in [0.15, 0.2) is 0 Å². The molecule has 0 aromatic heterocycles. The van der Waals surface area contributed by atoms with Gasteiger partial charge in [0.1, 0.15) is 0 Å². The third kappa shape index (κ3) is 2.83. The molecule has 1 aliphatic carbocycles. The van der Waals surface area contributed by atoms with Crippen molar-refractivity contribution in [1.29, 1.82) is 0 Å². The summed E-state index contributed by atoms with van der Waals surface area (Å²) >= 11 is 0. The van der Waals surface area contributed by atoms with Gasteiger partial charge in [-0.2, -0.15) is 0 Å². The molecule has 0 aliphatic heterocycles. The number of hydrogen-bond donors (Lipinski definition) is 2. The Morgan fingerprint density at radius 2 is 2.33 bits per heavy atom. The Morgan fingerprint density at radius 1 is 1.58 bits per heavy atom. The van der Waals surface area contributed by atoms with Gasteiger partial charge in [-0.1, -0.05) is 0 Å². The van der Waals surface area contributed by atoms with E-state index < -0.39 is 0 Å². The van der Waals surface area contributed by atoms with Crippen molar-refractivity contribution in [3.63, 3.8) is 0 Å². The Labute approximate surface area is 72.9 Å². The Balaban J connectivity index is 2.00. The van der Waals surface area contributed by atoms with Crippen LogP contribution in [0.5, 0.6) is 0 Å². The number of hydrogen-bond acceptors (Lipinski definition) is 1. The molecule has 2 amide bonds. The molecule has 1 fully saturated rings. The van der Waals surface area contributed by atoms with Gasteiger partial charge in [-0.25, -0.2) is 4.79 Å². The Kier molecular flexibility index (Phi) is 3.46. The molecule has 0 unspecified atom stereocenters. The summed E-state index contributed by atoms with van der Waals surface area (Å²) in [6.45, 7) is 0.565. The fourth-order valence-corrected chi connectivity index (χ4v) is 1.04. The first-order valence-electron chi connectivity index (χ1n) is 4.31. The maximum atomic E-state index is 11.0. The van der Waals surface area contributed by atoms with E-state index >= 15 is 0 Å². The van der Waals surface area contributed by atoms with E-state index in [2.05, 4.69) is 16.6 Å². The largest absolute Gasteiger partial charge is 0.337 e. The van der Waals surface area contributed by atoms with Crippen LogP contribution in [0.4, 0.5) is 4.79 Å². The highest BCUT2D eigenvalue weighted by Gasteiger charge is 2.18. The summed E-state index contributed by atoms with van der Waals surface area (Å²) in [6, 6.07) is 0.311. The van der Waals surface area contributed by atoms with E-state index in [1.807, 2.05) is 0 Å². The molecule has 12 heavy (non-hydrogen) atoms. The summed E-state index contributed by atoms with van der Waals surface area (Å²) in [5.41, 5.74) is 0. The van der Waals surface area contributed by atoms with Gasteiger partial charge >= 0.3 is 6.03 Å². The lowest BCUT2D eigenvalue weighted by molar-refractivity contribution is 0.228. The first-order chi connectivity index (χ1) is 5.83. The molecule has 0 aromatic carbocycles. The molecule has 0 bridgehead atoms. The number of carbonyl (C=O) groups excluding carboxylic acids is 1. The predicted octanol–water partition coefficient (Wildman–Crippen LogP) is 0.861. The van der Waals surface area contributed by atoms with Gasteiger partial charge in [0.25, 0.3) is 0 Å². The molecule has 0 atom stereocenters. The van der Waals surface area contributed by atoms with Crippen molar-refractivity contribution >= 4 is 6.03 Å². The molecule has 1 saturated carbocycles. The number of terminal acetylenes is 1. The summed E-state index contributed by atoms with van der Waals surface area (Å²) in [5.74, 6) is 2.46. The van der Waals surface area contributed by atoms with Gasteiger partial charge < -0.3 is 10.6 Å². The van der Waals surface area contributed by atoms with E-state index in [4.69, 9.17) is 6.42 Å². The second-order valence-electron chi connectivity index (χ2n) is 2.98. The van der Waals surface area contributed by atoms with Crippen molar-refractivity contribution < 1.29 is 4.79 Å². The maximum Gasteiger partial charge on any atom is 0.315 e. The van der Waals surface area contributed by atoms with E-state index in [-0.39, 0.29) is 6.03 Å². The number of urea groups is 1. The van der Waals surface area contributed by atoms with Crippen molar-refractivity contribution in [2.45, 2.75) is 31.7 Å². The number of rotatable bonds is 3. The van der Waals surface area contributed by atoms with Gasteiger partial charge in [0.2, 0.25) is 0 Å². The summed E-state index contributed by atoms with van der Waals surface area (Å²) in [6.07, 6.45) is 9.09. The standard InChI is InChI=1S/C9H14N2O/c1-2-3-7-10-9(12)11-8-5-4-6-8/h1,8H,3-7H2,(H2,10,11,12). The first kappa shape index (κ1) is 8.92. The minimum absolute atomic E-state index is 0.0880. The highest BCUT2D eigenvalue weighted by Crippen LogP contribution is 2.17. The van der Waals surface area contributed by atoms with Crippen molar-refractivity contribution in [3.8, 4) is 12.3 Å². The maximum absolute atomic E-state index is 11.0. The van der Waals surface area contributed by atoms with Crippen molar-refractivity contribution in [3.05, 3.63) is 0 Å². The van der Waals surface area contributed by atoms with Gasteiger partial charge in [-0.05, 0) is 19.3 Å². The Bertz CT molecular complexity index is 191. The van der Waals surface area contributed by atoms with Crippen LogP contribution < -0.4 is 10.6 Å². The number of nitrogens with one attached hydrogen (secondary N) is 2. The van der Waals surface area contributed by atoms with Crippen LogP contribution in [0.3, 0.4) is 0 Å². The van der Waals surface area contributed by atoms with Crippen LogP contribution in [0.25, 0.3) is 0 Å². The lowest BCUT2D eigenvalue weighted by atomic mass is 9.93. The highest BCUT2D eigenvalue weighted by atomic mass is 16.2. The minimum atomic E-state index is -0.0880. The molecule has 0 saturated heterocycles. The van der Waals surface area contributed by atoms with E-state index in [9.17, 15) is 4.79 Å². The zero-order valence-electron chi connectivity index (χ0n) is 7.10. The fourth-order valence-electron chi connectivity index (χ4n) is 1.04. The smallest absolute Gasteiger partial charge is 0.315 e. The molecule has 0 radical (unpaired) electrons. The van der Waals surface area contributed by atoms with Gasteiger partial charge in [-0.3, -0.25) is 0 Å². The molecule has 0 aromatic rings. The van der Waals surface area contributed by atoms with Crippen LogP contribution in [0, 0.1) is 12.3 Å². The number of amides is 2. The Morgan fingerprint density at radius 3 is 2.83 bits per heavy atom. The lowest BCUT2D eigenvalue weighted by Crippen LogP contribution is -2.45. The van der Waals surface area contributed by atoms with Crippen LogP contribution in [0.1, 0.15) is 25.7 Å². The minimum Gasteiger partial charge on any atom is -0.337 e. The van der Waals surface area contributed by atoms with Crippen LogP contribution in [-0.4, -0.2) is 18.6 Å². The van der Waals surface area contributed by atoms with Crippen LogP contribution in [0.15, 0.2) is 0 Å². The fraction of sp³-hybridized carbons (Fsp3) is 0.667. The normalized spacial score (nSPS) is 15.9.